The Morgan fingerprint density at radius 3 is 1.49 bits per heavy atom. The number of rotatable bonds is 0. The lowest BCUT2D eigenvalue weighted by Gasteiger charge is -2.14. The second-order valence-corrected chi connectivity index (χ2v) is 10.1. The van der Waals surface area contributed by atoms with E-state index in [0.29, 0.717) is 26.4 Å². The van der Waals surface area contributed by atoms with Crippen molar-refractivity contribution in [2.24, 2.45) is 0 Å². The quantitative estimate of drug-likeness (QED) is 0.124. The molecular formula is C33H36Cl2N6O2. The number of benzene rings is 4. The van der Waals surface area contributed by atoms with Crippen LogP contribution >= 0.6 is 0 Å². The lowest BCUT2D eigenvalue weighted by atomic mass is 10.1. The molecule has 4 aromatic rings. The van der Waals surface area contributed by atoms with Crippen molar-refractivity contribution < 1.29 is 44.3 Å². The molecule has 4 bridgehead atoms. The van der Waals surface area contributed by atoms with Gasteiger partial charge in [-0.25, -0.2) is 21.3 Å². The average Bonchev–Trinajstić information content (AvgIpc) is 2.99. The lowest BCUT2D eigenvalue weighted by molar-refractivity contribution is -0.490. The molecule has 0 saturated heterocycles. The van der Waals surface area contributed by atoms with E-state index < -0.39 is 0 Å². The topological polar surface area (TPSA) is 94.5 Å². The molecule has 6 N–H and O–H groups in total. The monoisotopic (exact) mass is 618 g/mol. The molecule has 0 aliphatic carbocycles. The minimum Gasteiger partial charge on any atom is -1.00 e. The summed E-state index contributed by atoms with van der Waals surface area (Å²) in [6, 6.07) is 33.1. The van der Waals surface area contributed by atoms with Gasteiger partial charge in [-0.1, -0.05) is 66.7 Å². The first kappa shape index (κ1) is 31.8. The standard InChI is InChI=1S/C33H34N6O2.2ClH/c1-5-15-30-25(10-1)21-40-20-24-9-7-13-28(19-24)36-32-34-17-8-18-35-33(38-30)39-31-16-6-3-12-27(31)23-41-22-26-11-2-4-14-29(26)37-32;;/h1-7,9-16,19H,8,17-18,20-23H2,(H2,34,36,37)(H2,35,38,39);2*1H. The van der Waals surface area contributed by atoms with Gasteiger partial charge in [-0.2, -0.15) is 0 Å². The molecule has 0 aromatic heterocycles. The predicted molar refractivity (Wildman–Crippen MR) is 164 cm³/mol. The van der Waals surface area contributed by atoms with Gasteiger partial charge in [0.15, 0.2) is 0 Å². The molecule has 4 aromatic carbocycles. The van der Waals surface area contributed by atoms with Crippen molar-refractivity contribution in [2.45, 2.75) is 32.8 Å². The maximum absolute atomic E-state index is 6.26. The molecule has 8 nitrogen and oxygen atoms in total. The van der Waals surface area contributed by atoms with E-state index in [1.807, 2.05) is 42.5 Å². The van der Waals surface area contributed by atoms with E-state index in [1.165, 1.54) is 0 Å². The van der Waals surface area contributed by atoms with E-state index in [9.17, 15) is 0 Å². The van der Waals surface area contributed by atoms with Crippen LogP contribution in [0.3, 0.4) is 0 Å². The van der Waals surface area contributed by atoms with Crippen LogP contribution in [0.15, 0.2) is 97.1 Å². The summed E-state index contributed by atoms with van der Waals surface area (Å²) >= 11 is 0. The first-order valence-electron chi connectivity index (χ1n) is 14.1. The van der Waals surface area contributed by atoms with Gasteiger partial charge in [0.1, 0.15) is 17.1 Å². The zero-order chi connectivity index (χ0) is 27.7. The molecule has 0 amide bonds. The Labute approximate surface area is 264 Å². The van der Waals surface area contributed by atoms with Crippen LogP contribution in [-0.4, -0.2) is 25.0 Å². The van der Waals surface area contributed by atoms with Crippen LogP contribution < -0.4 is 56.1 Å². The SMILES string of the molecule is [Cl-].[Cl-].c1cc2cc(c1)NC1=[NH+]CCC[NH+]=C(Nc3ccccc3COC2)Nc2ccccc2COCc2ccccc2N1. The smallest absolute Gasteiger partial charge is 0.353 e. The van der Waals surface area contributed by atoms with Gasteiger partial charge in [-0.05, 0) is 35.9 Å². The number of halogens is 2. The highest BCUT2D eigenvalue weighted by atomic mass is 35.5. The largest absolute Gasteiger partial charge is 1.00 e. The third kappa shape index (κ3) is 8.72. The zero-order valence-electron chi connectivity index (χ0n) is 23.8. The van der Waals surface area contributed by atoms with Crippen LogP contribution in [0.1, 0.15) is 28.7 Å². The molecular weight excluding hydrogens is 583 g/mol. The van der Waals surface area contributed by atoms with Crippen molar-refractivity contribution in [3.8, 4) is 0 Å². The van der Waals surface area contributed by atoms with Gasteiger partial charge < -0.3 is 34.3 Å². The molecule has 0 spiro atoms. The van der Waals surface area contributed by atoms with Gasteiger partial charge in [0, 0.05) is 23.1 Å². The highest BCUT2D eigenvalue weighted by molar-refractivity contribution is 6.01. The summed E-state index contributed by atoms with van der Waals surface area (Å²) in [6.45, 7) is 3.42. The molecule has 0 unspecified atom stereocenters. The Bertz CT molecular complexity index is 1560. The Balaban J connectivity index is 0.00000212. The summed E-state index contributed by atoms with van der Waals surface area (Å²) in [7, 11) is 0. The second kappa shape index (κ2) is 16.0. The van der Waals surface area contributed by atoms with E-state index in [0.717, 1.165) is 76.4 Å². The third-order valence-electron chi connectivity index (χ3n) is 7.03. The molecule has 6 rings (SSSR count). The van der Waals surface area contributed by atoms with Gasteiger partial charge >= 0.3 is 11.9 Å². The Hall–Kier alpha value is -4.08. The average molecular weight is 620 g/mol. The first-order chi connectivity index (χ1) is 20.3. The molecule has 0 radical (unpaired) electrons. The van der Waals surface area contributed by atoms with Gasteiger partial charge in [0.05, 0.1) is 45.2 Å². The van der Waals surface area contributed by atoms with Crippen LogP contribution in [0, 0.1) is 0 Å². The summed E-state index contributed by atoms with van der Waals surface area (Å²) in [5.41, 5.74) is 8.25. The highest BCUT2D eigenvalue weighted by Crippen LogP contribution is 2.22. The summed E-state index contributed by atoms with van der Waals surface area (Å²) in [4.78, 5) is 7.14. The minimum absolute atomic E-state index is 0. The highest BCUT2D eigenvalue weighted by Gasteiger charge is 2.17. The molecule has 43 heavy (non-hydrogen) atoms. The fourth-order valence-electron chi connectivity index (χ4n) is 4.90. The summed E-state index contributed by atoms with van der Waals surface area (Å²) in [6.07, 6.45) is 0.886. The maximum Gasteiger partial charge on any atom is 0.353 e. The molecule has 2 aliphatic rings. The number of guanidine groups is 2. The van der Waals surface area contributed by atoms with Crippen molar-refractivity contribution >= 4 is 34.7 Å². The number of hydrogen-bond acceptors (Lipinski definition) is 6. The van der Waals surface area contributed by atoms with Gasteiger partial charge in [-0.3, -0.25) is 9.98 Å². The number of hydrogen-bond donors (Lipinski definition) is 6. The molecule has 0 atom stereocenters. The Morgan fingerprint density at radius 1 is 0.488 bits per heavy atom. The zero-order valence-corrected chi connectivity index (χ0v) is 25.3. The molecule has 0 saturated carbocycles. The summed E-state index contributed by atoms with van der Waals surface area (Å²) in [5.74, 6) is 1.61. The third-order valence-corrected chi connectivity index (χ3v) is 7.03. The summed E-state index contributed by atoms with van der Waals surface area (Å²) in [5, 5.41) is 14.3. The number of para-hydroxylation sites is 3. The van der Waals surface area contributed by atoms with Crippen LogP contribution in [0.4, 0.5) is 22.7 Å². The molecule has 2 heterocycles. The lowest BCUT2D eigenvalue weighted by Crippen LogP contribution is -3.00. The molecule has 10 heteroatoms. The van der Waals surface area contributed by atoms with E-state index >= 15 is 0 Å². The van der Waals surface area contributed by atoms with Crippen LogP contribution in [0.2, 0.25) is 0 Å². The van der Waals surface area contributed by atoms with E-state index in [4.69, 9.17) is 9.47 Å². The number of nitrogens with one attached hydrogen (secondary N) is 6. The molecule has 224 valence electrons. The fraction of sp³-hybridized carbons (Fsp3) is 0.212. The van der Waals surface area contributed by atoms with Crippen molar-refractivity contribution in [3.63, 3.8) is 0 Å². The number of ether oxygens (including phenoxy) is 2. The van der Waals surface area contributed by atoms with Gasteiger partial charge in [0.25, 0.3) is 0 Å². The van der Waals surface area contributed by atoms with E-state index in [1.54, 1.807) is 0 Å². The normalized spacial score (nSPS) is 15.3. The van der Waals surface area contributed by atoms with Gasteiger partial charge in [0.2, 0.25) is 0 Å². The number of anilines is 4. The van der Waals surface area contributed by atoms with Crippen molar-refractivity contribution in [3.05, 3.63) is 119 Å². The van der Waals surface area contributed by atoms with E-state index in [2.05, 4.69) is 85.8 Å². The first-order valence-corrected chi connectivity index (χ1v) is 14.1. The van der Waals surface area contributed by atoms with Gasteiger partial charge in [-0.15, -0.1) is 0 Å². The molecule has 0 fully saturated rings. The van der Waals surface area contributed by atoms with Crippen LogP contribution in [-0.2, 0) is 35.9 Å². The second-order valence-electron chi connectivity index (χ2n) is 10.1. The van der Waals surface area contributed by atoms with Crippen molar-refractivity contribution in [1.82, 2.24) is 0 Å². The van der Waals surface area contributed by atoms with Crippen molar-refractivity contribution in [2.75, 3.05) is 34.4 Å². The fourth-order valence-corrected chi connectivity index (χ4v) is 4.90. The maximum atomic E-state index is 6.26. The number of fused-ring (bicyclic) bond motifs is 9. The molecule has 2 aliphatic heterocycles. The Morgan fingerprint density at radius 2 is 0.953 bits per heavy atom. The minimum atomic E-state index is 0. The summed E-state index contributed by atoms with van der Waals surface area (Å²) < 4.78 is 12.4. The predicted octanol–water partition coefficient (Wildman–Crippen LogP) is -3.23. The Kier molecular flexibility index (Phi) is 11.8. The van der Waals surface area contributed by atoms with Crippen LogP contribution in [0.5, 0.6) is 0 Å². The van der Waals surface area contributed by atoms with Crippen LogP contribution in [0.25, 0.3) is 0 Å². The van der Waals surface area contributed by atoms with Crippen molar-refractivity contribution in [1.29, 1.82) is 0 Å². The van der Waals surface area contributed by atoms with E-state index in [-0.39, 0.29) is 24.8 Å².